The van der Waals surface area contributed by atoms with Crippen LogP contribution in [-0.4, -0.2) is 39.9 Å². The molecule has 42 heavy (non-hydrogen) atoms. The molecule has 0 fully saturated rings. The Morgan fingerprint density at radius 2 is 0.786 bits per heavy atom. The van der Waals surface area contributed by atoms with Crippen LogP contribution in [0.5, 0.6) is 0 Å². The zero-order valence-electron chi connectivity index (χ0n) is 21.5. The van der Waals surface area contributed by atoms with Crippen molar-refractivity contribution >= 4 is 44.1 Å². The molecule has 8 nitrogen and oxygen atoms in total. The average molecular weight is 640 g/mol. The molecule has 7 aromatic rings. The summed E-state index contributed by atoms with van der Waals surface area (Å²) in [7, 11) is 0. The van der Waals surface area contributed by atoms with E-state index in [0.717, 1.165) is 33.0 Å². The molecule has 5 heterocycles. The monoisotopic (exact) mass is 639 g/mol. The third kappa shape index (κ3) is 3.58. The molecule has 0 amide bonds. The van der Waals surface area contributed by atoms with Gasteiger partial charge in [-0.05, 0) is 6.07 Å². The first-order valence-corrected chi connectivity index (χ1v) is 13.1. The number of aromatic amines is 2. The largest absolute Gasteiger partial charge is 0.324 e. The van der Waals surface area contributed by atoms with E-state index in [-0.39, 0.29) is 22.4 Å². The zero-order valence-corrected chi connectivity index (χ0v) is 23.0. The van der Waals surface area contributed by atoms with Gasteiger partial charge in [-0.25, -0.2) is 34.3 Å². The average Bonchev–Trinajstić information content (AvgIpc) is 3.73. The quantitative estimate of drug-likeness (QED) is 0.173. The first-order valence-electron chi connectivity index (χ1n) is 13.1. The van der Waals surface area contributed by atoms with Gasteiger partial charge >= 0.3 is 0 Å². The molecular weight excluding hydrogens is 623 g/mol. The Kier molecular flexibility index (Phi) is 5.42. The summed E-state index contributed by atoms with van der Waals surface area (Å²) < 4.78 is 15.3. The smallest absolute Gasteiger partial charge is 0.164 e. The molecule has 0 atom stereocenters. The fraction of sp³-hybridized carbons (Fsp3) is 0. The molecule has 8 bridgehead atoms. The summed E-state index contributed by atoms with van der Waals surface area (Å²) in [6, 6.07) is 28.4. The summed E-state index contributed by atoms with van der Waals surface area (Å²) in [5.41, 5.74) is 5.37. The second-order valence-electron chi connectivity index (χ2n) is 9.91. The van der Waals surface area contributed by atoms with Crippen LogP contribution in [0.4, 0.5) is 4.39 Å². The van der Waals surface area contributed by atoms with Gasteiger partial charge in [0.05, 0.1) is 5.39 Å². The number of benzene rings is 4. The van der Waals surface area contributed by atoms with Gasteiger partial charge in [0.2, 0.25) is 0 Å². The Hall–Kier alpha value is -5.09. The Morgan fingerprint density at radius 3 is 1.29 bits per heavy atom. The minimum absolute atomic E-state index is 0. The fourth-order valence-corrected chi connectivity index (χ4v) is 5.65. The summed E-state index contributed by atoms with van der Waals surface area (Å²) in [6.07, 6.45) is 0. The maximum absolute atomic E-state index is 15.3. The first-order chi connectivity index (χ1) is 20.2. The molecule has 3 aromatic heterocycles. The van der Waals surface area contributed by atoms with Gasteiger partial charge in [0.25, 0.3) is 0 Å². The number of hydrogen-bond acceptors (Lipinski definition) is 6. The number of H-pyrrole nitrogens is 2. The summed E-state index contributed by atoms with van der Waals surface area (Å²) in [5.74, 6) is 1.54. The summed E-state index contributed by atoms with van der Waals surface area (Å²) in [6.45, 7) is 0. The Morgan fingerprint density at radius 1 is 0.405 bits per heavy atom. The van der Waals surface area contributed by atoms with Gasteiger partial charge in [0, 0.05) is 60.8 Å². The third-order valence-electron chi connectivity index (χ3n) is 7.53. The molecule has 2 aliphatic heterocycles. The fourth-order valence-electron chi connectivity index (χ4n) is 5.65. The van der Waals surface area contributed by atoms with Gasteiger partial charge in [-0.15, -0.1) is 0 Å². The SMILES string of the molecule is Fc1cccc2c3nc4nc(nc5[nH]c(nc6nc(nc([nH]3)c12)-c1ccccc1-6)c1ccccc51)-c1ccccc1-4.[Ag]. The van der Waals surface area contributed by atoms with E-state index in [1.807, 2.05) is 78.9 Å². The van der Waals surface area contributed by atoms with Crippen molar-refractivity contribution in [1.82, 2.24) is 39.9 Å². The number of aromatic nitrogens is 8. The van der Waals surface area contributed by atoms with Gasteiger partial charge in [-0.3, -0.25) is 0 Å². The molecule has 203 valence electrons. The molecule has 9 rings (SSSR count). The molecule has 0 spiro atoms. The summed E-state index contributed by atoms with van der Waals surface area (Å²) >= 11 is 0. The van der Waals surface area contributed by atoms with E-state index in [0.29, 0.717) is 56.7 Å². The van der Waals surface area contributed by atoms with Crippen molar-refractivity contribution in [3.63, 3.8) is 0 Å². The van der Waals surface area contributed by atoms with Crippen LogP contribution in [-0.2, 0) is 22.4 Å². The normalized spacial score (nSPS) is 11.7. The van der Waals surface area contributed by atoms with E-state index in [9.17, 15) is 0 Å². The zero-order chi connectivity index (χ0) is 27.1. The van der Waals surface area contributed by atoms with Crippen LogP contribution in [0.25, 0.3) is 89.7 Å². The van der Waals surface area contributed by atoms with Crippen molar-refractivity contribution < 1.29 is 26.8 Å². The minimum atomic E-state index is -0.404. The molecule has 4 aromatic carbocycles. The van der Waals surface area contributed by atoms with Crippen molar-refractivity contribution in [1.29, 1.82) is 0 Å². The van der Waals surface area contributed by atoms with Crippen molar-refractivity contribution in [2.45, 2.75) is 0 Å². The number of rotatable bonds is 0. The van der Waals surface area contributed by atoms with Crippen LogP contribution in [0.15, 0.2) is 91.0 Å². The van der Waals surface area contributed by atoms with E-state index < -0.39 is 5.82 Å². The van der Waals surface area contributed by atoms with Crippen LogP contribution in [0, 0.1) is 5.82 Å². The maximum Gasteiger partial charge on any atom is 0.164 e. The molecule has 2 N–H and O–H groups in total. The predicted octanol–water partition coefficient (Wildman–Crippen LogP) is 7.01. The van der Waals surface area contributed by atoms with Gasteiger partial charge in [0.15, 0.2) is 23.3 Å². The second kappa shape index (κ2) is 9.22. The summed E-state index contributed by atoms with van der Waals surface area (Å²) in [5, 5.41) is 2.75. The van der Waals surface area contributed by atoms with E-state index >= 15 is 4.39 Å². The summed E-state index contributed by atoms with van der Waals surface area (Å²) in [4.78, 5) is 36.0. The molecule has 0 unspecified atom stereocenters. The Labute approximate surface area is 252 Å². The number of nitrogens with zero attached hydrogens (tertiary/aromatic N) is 6. The third-order valence-corrected chi connectivity index (χ3v) is 7.53. The Bertz CT molecular complexity index is 2410. The topological polar surface area (TPSA) is 109 Å². The van der Waals surface area contributed by atoms with E-state index in [4.69, 9.17) is 29.9 Å². The molecule has 2 aliphatic rings. The van der Waals surface area contributed by atoms with Gasteiger partial charge < -0.3 is 9.97 Å². The van der Waals surface area contributed by atoms with Crippen molar-refractivity contribution in [3.05, 3.63) is 96.8 Å². The van der Waals surface area contributed by atoms with Crippen LogP contribution in [0.1, 0.15) is 0 Å². The number of halogens is 1. The van der Waals surface area contributed by atoms with E-state index in [1.54, 1.807) is 6.07 Å². The van der Waals surface area contributed by atoms with Crippen LogP contribution in [0.2, 0.25) is 0 Å². The molecule has 1 radical (unpaired) electrons. The van der Waals surface area contributed by atoms with Gasteiger partial charge in [-0.2, -0.15) is 0 Å². The van der Waals surface area contributed by atoms with Crippen LogP contribution in [0.3, 0.4) is 0 Å². The maximum atomic E-state index is 15.3. The van der Waals surface area contributed by atoms with E-state index in [2.05, 4.69) is 9.97 Å². The molecular formula is C32H17AgFN8. The van der Waals surface area contributed by atoms with Crippen LogP contribution >= 0.6 is 0 Å². The Balaban J connectivity index is 0.00000267. The molecule has 0 saturated carbocycles. The molecule has 0 saturated heterocycles. The molecule has 0 aliphatic carbocycles. The van der Waals surface area contributed by atoms with Gasteiger partial charge in [-0.1, -0.05) is 84.9 Å². The van der Waals surface area contributed by atoms with Crippen LogP contribution < -0.4 is 0 Å². The number of nitrogens with one attached hydrogen (secondary N) is 2. The number of hydrogen-bond donors (Lipinski definition) is 2. The number of fused-ring (bicyclic) bond motifs is 20. The van der Waals surface area contributed by atoms with E-state index in [1.165, 1.54) is 6.07 Å². The standard InChI is InChI=1S/C32H17FN8.Ag/c33-23-15-7-14-22-24(23)32-40-30-21-13-6-5-12-20(21)28(38-30)36-26-17-9-2-1-8-16(17)25(34-26)35-27-18-10-3-4-11-19(18)29(37-27)39-31(22)41-32;/h1-15H,(H2,34,35,36,37,38,39,40,41);. The second-order valence-corrected chi connectivity index (χ2v) is 9.91. The van der Waals surface area contributed by atoms with Gasteiger partial charge in [0.1, 0.15) is 28.4 Å². The van der Waals surface area contributed by atoms with Crippen molar-refractivity contribution in [3.8, 4) is 45.6 Å². The van der Waals surface area contributed by atoms with Crippen molar-refractivity contribution in [2.75, 3.05) is 0 Å². The molecule has 10 heteroatoms. The minimum Gasteiger partial charge on any atom is -0.324 e. The first kappa shape index (κ1) is 24.7. The predicted molar refractivity (Wildman–Crippen MR) is 156 cm³/mol. The van der Waals surface area contributed by atoms with Crippen molar-refractivity contribution in [2.24, 2.45) is 0 Å².